The molecule has 5 nitrogen and oxygen atoms in total. The number of piperidine rings is 1. The van der Waals surface area contributed by atoms with Crippen molar-refractivity contribution in [2.24, 2.45) is 5.41 Å². The summed E-state index contributed by atoms with van der Waals surface area (Å²) in [5.41, 5.74) is 3.19. The Morgan fingerprint density at radius 1 is 1.15 bits per heavy atom. The second kappa shape index (κ2) is 7.61. The van der Waals surface area contributed by atoms with Gasteiger partial charge in [0.1, 0.15) is 5.75 Å². The molecule has 2 aliphatic heterocycles. The maximum absolute atomic E-state index is 13.0. The maximum atomic E-state index is 13.0. The molecular weight excluding hydrogens is 338 g/mol. The van der Waals surface area contributed by atoms with Crippen LogP contribution in [-0.2, 0) is 0 Å². The minimum Gasteiger partial charge on any atom is -0.497 e. The standard InChI is InChI=1S/C22H27N3O2/c1-27-18-9-7-17(8-10-18)19-5-2-3-6-20(19)24-21(26)25-14-4-11-22(16-25)12-13-23-15-22/h2-3,5-10,23H,4,11-16H2,1H3,(H,24,26). The van der Waals surface area contributed by atoms with E-state index in [1.807, 2.05) is 53.4 Å². The zero-order valence-corrected chi connectivity index (χ0v) is 15.8. The van der Waals surface area contributed by atoms with Crippen LogP contribution < -0.4 is 15.4 Å². The third-order valence-electron chi connectivity index (χ3n) is 5.85. The number of nitrogens with zero attached hydrogens (tertiary/aromatic N) is 1. The van der Waals surface area contributed by atoms with Gasteiger partial charge < -0.3 is 20.3 Å². The van der Waals surface area contributed by atoms with Crippen LogP contribution in [-0.4, -0.2) is 44.2 Å². The molecule has 0 aliphatic carbocycles. The number of urea groups is 1. The summed E-state index contributed by atoms with van der Waals surface area (Å²) >= 11 is 0. The highest BCUT2D eigenvalue weighted by Gasteiger charge is 2.39. The average molecular weight is 365 g/mol. The highest BCUT2D eigenvalue weighted by atomic mass is 16.5. The van der Waals surface area contributed by atoms with Gasteiger partial charge in [-0.25, -0.2) is 4.79 Å². The van der Waals surface area contributed by atoms with Crippen LogP contribution in [0, 0.1) is 5.41 Å². The van der Waals surface area contributed by atoms with E-state index in [0.29, 0.717) is 0 Å². The summed E-state index contributed by atoms with van der Waals surface area (Å²) in [7, 11) is 1.66. The maximum Gasteiger partial charge on any atom is 0.321 e. The molecule has 2 aromatic carbocycles. The van der Waals surface area contributed by atoms with Gasteiger partial charge in [-0.2, -0.15) is 0 Å². The van der Waals surface area contributed by atoms with Crippen LogP contribution in [0.25, 0.3) is 11.1 Å². The van der Waals surface area contributed by atoms with Crippen molar-refractivity contribution < 1.29 is 9.53 Å². The van der Waals surface area contributed by atoms with E-state index in [9.17, 15) is 4.79 Å². The monoisotopic (exact) mass is 365 g/mol. The van der Waals surface area contributed by atoms with E-state index in [2.05, 4.69) is 10.6 Å². The van der Waals surface area contributed by atoms with Crippen LogP contribution in [0.2, 0.25) is 0 Å². The van der Waals surface area contributed by atoms with Gasteiger partial charge in [-0.1, -0.05) is 30.3 Å². The summed E-state index contributed by atoms with van der Waals surface area (Å²) in [4.78, 5) is 15.0. The summed E-state index contributed by atoms with van der Waals surface area (Å²) in [5.74, 6) is 0.823. The van der Waals surface area contributed by atoms with Crippen LogP contribution in [0.4, 0.5) is 10.5 Å². The number of rotatable bonds is 3. The van der Waals surface area contributed by atoms with E-state index in [-0.39, 0.29) is 11.4 Å². The molecule has 0 aromatic heterocycles. The Balaban J connectivity index is 1.51. The summed E-state index contributed by atoms with van der Waals surface area (Å²) in [6.07, 6.45) is 3.46. The Bertz CT molecular complexity index is 797. The highest BCUT2D eigenvalue weighted by molar-refractivity contribution is 5.94. The third-order valence-corrected chi connectivity index (χ3v) is 5.85. The molecule has 0 bridgehead atoms. The number of hydrogen-bond donors (Lipinski definition) is 2. The van der Waals surface area contributed by atoms with Gasteiger partial charge in [-0.3, -0.25) is 0 Å². The molecule has 1 unspecified atom stereocenters. The number of ether oxygens (including phenoxy) is 1. The SMILES string of the molecule is COc1ccc(-c2ccccc2NC(=O)N2CCCC3(CCNC3)C2)cc1. The lowest BCUT2D eigenvalue weighted by Crippen LogP contribution is -2.48. The van der Waals surface area contributed by atoms with Gasteiger partial charge >= 0.3 is 6.03 Å². The van der Waals surface area contributed by atoms with Crippen molar-refractivity contribution in [2.75, 3.05) is 38.6 Å². The lowest BCUT2D eigenvalue weighted by Gasteiger charge is -2.40. The van der Waals surface area contributed by atoms with Gasteiger partial charge in [0.2, 0.25) is 0 Å². The van der Waals surface area contributed by atoms with E-state index in [1.54, 1.807) is 7.11 Å². The molecule has 4 rings (SSSR count). The zero-order chi connectivity index (χ0) is 18.7. The van der Waals surface area contributed by atoms with E-state index in [0.717, 1.165) is 55.2 Å². The fourth-order valence-electron chi connectivity index (χ4n) is 4.33. The molecule has 5 heteroatoms. The molecule has 2 amide bonds. The van der Waals surface area contributed by atoms with Crippen molar-refractivity contribution in [2.45, 2.75) is 19.3 Å². The van der Waals surface area contributed by atoms with E-state index < -0.39 is 0 Å². The largest absolute Gasteiger partial charge is 0.497 e. The van der Waals surface area contributed by atoms with Crippen LogP contribution in [0.3, 0.4) is 0 Å². The molecule has 2 aromatic rings. The fourth-order valence-corrected chi connectivity index (χ4v) is 4.33. The lowest BCUT2D eigenvalue weighted by molar-refractivity contribution is 0.125. The number of para-hydroxylation sites is 1. The lowest BCUT2D eigenvalue weighted by atomic mass is 9.79. The zero-order valence-electron chi connectivity index (χ0n) is 15.8. The second-order valence-corrected chi connectivity index (χ2v) is 7.66. The number of likely N-dealkylation sites (tertiary alicyclic amines) is 1. The first-order chi connectivity index (χ1) is 13.2. The highest BCUT2D eigenvalue weighted by Crippen LogP contribution is 2.36. The Labute approximate surface area is 160 Å². The van der Waals surface area contributed by atoms with E-state index >= 15 is 0 Å². The van der Waals surface area contributed by atoms with Crippen LogP contribution >= 0.6 is 0 Å². The minimum atomic E-state index is 0.00179. The second-order valence-electron chi connectivity index (χ2n) is 7.66. The Hall–Kier alpha value is -2.53. The van der Waals surface area contributed by atoms with Gasteiger partial charge in [-0.05, 0) is 49.6 Å². The first kappa shape index (κ1) is 17.9. The number of amides is 2. The van der Waals surface area contributed by atoms with E-state index in [4.69, 9.17) is 4.74 Å². The molecule has 1 atom stereocenters. The van der Waals surface area contributed by atoms with Gasteiger partial charge in [0.15, 0.2) is 0 Å². The predicted molar refractivity (Wildman–Crippen MR) is 108 cm³/mol. The Kier molecular flexibility index (Phi) is 5.03. The number of nitrogens with one attached hydrogen (secondary N) is 2. The van der Waals surface area contributed by atoms with Gasteiger partial charge in [-0.15, -0.1) is 0 Å². The topological polar surface area (TPSA) is 53.6 Å². The summed E-state index contributed by atoms with van der Waals surface area (Å²) < 4.78 is 5.24. The molecule has 1 spiro atoms. The normalized spacial score (nSPS) is 22.0. The third kappa shape index (κ3) is 3.78. The quantitative estimate of drug-likeness (QED) is 0.865. The minimum absolute atomic E-state index is 0.00179. The fraction of sp³-hybridized carbons (Fsp3) is 0.409. The Morgan fingerprint density at radius 2 is 1.96 bits per heavy atom. The van der Waals surface area contributed by atoms with Crippen molar-refractivity contribution in [3.8, 4) is 16.9 Å². The number of benzene rings is 2. The summed E-state index contributed by atoms with van der Waals surface area (Å²) in [6, 6.07) is 15.9. The van der Waals surface area contributed by atoms with Gasteiger partial charge in [0.05, 0.1) is 12.8 Å². The molecular formula is C22H27N3O2. The van der Waals surface area contributed by atoms with Crippen molar-refractivity contribution >= 4 is 11.7 Å². The average Bonchev–Trinajstić information content (AvgIpc) is 3.16. The molecule has 142 valence electrons. The van der Waals surface area contributed by atoms with Crippen molar-refractivity contribution in [1.82, 2.24) is 10.2 Å². The molecule has 2 N–H and O–H groups in total. The van der Waals surface area contributed by atoms with Gasteiger partial charge in [0, 0.05) is 30.6 Å². The molecule has 0 radical (unpaired) electrons. The van der Waals surface area contributed by atoms with E-state index in [1.165, 1.54) is 12.8 Å². The van der Waals surface area contributed by atoms with Crippen molar-refractivity contribution in [3.05, 3.63) is 48.5 Å². The number of methoxy groups -OCH3 is 1. The first-order valence-corrected chi connectivity index (χ1v) is 9.69. The van der Waals surface area contributed by atoms with Crippen LogP contribution in [0.15, 0.2) is 48.5 Å². The molecule has 2 fully saturated rings. The number of anilines is 1. The number of hydrogen-bond acceptors (Lipinski definition) is 3. The number of carbonyl (C=O) groups excluding carboxylic acids is 1. The molecule has 2 saturated heterocycles. The van der Waals surface area contributed by atoms with Crippen LogP contribution in [0.5, 0.6) is 5.75 Å². The first-order valence-electron chi connectivity index (χ1n) is 9.69. The smallest absolute Gasteiger partial charge is 0.321 e. The summed E-state index contributed by atoms with van der Waals surface area (Å²) in [5, 5.41) is 6.61. The Morgan fingerprint density at radius 3 is 2.70 bits per heavy atom. The van der Waals surface area contributed by atoms with Crippen molar-refractivity contribution in [3.63, 3.8) is 0 Å². The molecule has 0 saturated carbocycles. The summed E-state index contributed by atoms with van der Waals surface area (Å²) in [6.45, 7) is 3.77. The molecule has 27 heavy (non-hydrogen) atoms. The van der Waals surface area contributed by atoms with Crippen LogP contribution in [0.1, 0.15) is 19.3 Å². The van der Waals surface area contributed by atoms with Gasteiger partial charge in [0.25, 0.3) is 0 Å². The predicted octanol–water partition coefficient (Wildman–Crippen LogP) is 3.97. The molecule has 2 aliphatic rings. The van der Waals surface area contributed by atoms with Crippen molar-refractivity contribution in [1.29, 1.82) is 0 Å². The molecule has 2 heterocycles. The number of carbonyl (C=O) groups is 1.